The third-order valence-corrected chi connectivity index (χ3v) is 3.32. The lowest BCUT2D eigenvalue weighted by atomic mass is 10.2. The lowest BCUT2D eigenvalue weighted by molar-refractivity contribution is -0.138. The topological polar surface area (TPSA) is 58.6 Å². The molecule has 1 aromatic carbocycles. The van der Waals surface area contributed by atoms with Gasteiger partial charge in [0, 0.05) is 12.6 Å². The van der Waals surface area contributed by atoms with Crippen molar-refractivity contribution in [2.24, 2.45) is 0 Å². The number of rotatable bonds is 4. The summed E-state index contributed by atoms with van der Waals surface area (Å²) in [6, 6.07) is 8.18. The molecular weight excluding hydrogens is 244 g/mol. The first kappa shape index (κ1) is 12.3. The normalized spacial score (nSPS) is 19.9. The Morgan fingerprint density at radius 2 is 1.74 bits per heavy atom. The second kappa shape index (κ2) is 5.11. The van der Waals surface area contributed by atoms with Gasteiger partial charge < -0.3 is 10.1 Å². The molecule has 1 heterocycles. The van der Waals surface area contributed by atoms with Crippen molar-refractivity contribution in [2.45, 2.75) is 25.4 Å². The molecular formula is C14H16N2O3. The van der Waals surface area contributed by atoms with Crippen molar-refractivity contribution < 1.29 is 14.3 Å². The minimum atomic E-state index is -0.305. The molecule has 100 valence electrons. The van der Waals surface area contributed by atoms with E-state index >= 15 is 0 Å². The zero-order valence-corrected chi connectivity index (χ0v) is 10.6. The van der Waals surface area contributed by atoms with Crippen LogP contribution in [-0.4, -0.2) is 31.1 Å². The fourth-order valence-electron chi connectivity index (χ4n) is 2.09. The van der Waals surface area contributed by atoms with Crippen LogP contribution in [0.25, 0.3) is 0 Å². The minimum Gasteiger partial charge on any atom is -0.362 e. The van der Waals surface area contributed by atoms with Gasteiger partial charge in [-0.25, -0.2) is 4.90 Å². The fraction of sp³-hybridized carbons (Fsp3) is 0.429. The van der Waals surface area contributed by atoms with E-state index in [-0.39, 0.29) is 25.0 Å². The molecule has 1 N–H and O–H groups in total. The van der Waals surface area contributed by atoms with Gasteiger partial charge in [0.15, 0.2) is 0 Å². The molecule has 1 aliphatic carbocycles. The average molecular weight is 260 g/mol. The van der Waals surface area contributed by atoms with Gasteiger partial charge in [0.2, 0.25) is 0 Å². The molecule has 1 aromatic rings. The number of hydrogen-bond acceptors (Lipinski definition) is 4. The highest BCUT2D eigenvalue weighted by Gasteiger charge is 2.28. The largest absolute Gasteiger partial charge is 0.362 e. The molecule has 1 aliphatic heterocycles. The number of amides is 2. The number of carbonyl (C=O) groups excluding carboxylic acids is 2. The number of ether oxygens (including phenoxy) is 1. The average Bonchev–Trinajstić information content (AvgIpc) is 3.22. The smallest absolute Gasteiger partial charge is 0.259 e. The van der Waals surface area contributed by atoms with E-state index in [0.717, 1.165) is 12.1 Å². The first-order valence-electron chi connectivity index (χ1n) is 6.50. The summed E-state index contributed by atoms with van der Waals surface area (Å²) in [5, 5.41) is 3.42. The Morgan fingerprint density at radius 1 is 1.11 bits per heavy atom. The van der Waals surface area contributed by atoms with Crippen LogP contribution in [-0.2, 0) is 20.9 Å². The van der Waals surface area contributed by atoms with Crippen LogP contribution in [0.2, 0.25) is 0 Å². The first-order valence-corrected chi connectivity index (χ1v) is 6.50. The molecule has 0 spiro atoms. The van der Waals surface area contributed by atoms with Crippen molar-refractivity contribution in [3.63, 3.8) is 0 Å². The first-order chi connectivity index (χ1) is 9.24. The minimum absolute atomic E-state index is 0.0310. The zero-order valence-electron chi connectivity index (χ0n) is 10.6. The van der Waals surface area contributed by atoms with Gasteiger partial charge in [-0.1, -0.05) is 12.1 Å². The van der Waals surface area contributed by atoms with Gasteiger partial charge in [-0.2, -0.15) is 0 Å². The van der Waals surface area contributed by atoms with E-state index in [1.54, 1.807) is 0 Å². The summed E-state index contributed by atoms with van der Waals surface area (Å²) in [5.41, 5.74) is 1.78. The zero-order chi connectivity index (χ0) is 13.2. The highest BCUT2D eigenvalue weighted by atomic mass is 16.5. The standard InChI is InChI=1S/C14H16N2O3/c17-13-8-19-9-14(18)16(13)12-5-1-10(2-6-12)7-15-11-3-4-11/h1-2,5-6,11,15H,3-4,7-9H2. The number of nitrogens with zero attached hydrogens (tertiary/aromatic N) is 1. The van der Waals surface area contributed by atoms with Crippen LogP contribution in [0.1, 0.15) is 18.4 Å². The van der Waals surface area contributed by atoms with Gasteiger partial charge in [-0.05, 0) is 30.5 Å². The summed E-state index contributed by atoms with van der Waals surface area (Å²) in [6.45, 7) is 0.767. The molecule has 5 heteroatoms. The summed E-state index contributed by atoms with van der Waals surface area (Å²) in [5.74, 6) is -0.611. The Balaban J connectivity index is 1.69. The molecule has 5 nitrogen and oxygen atoms in total. The van der Waals surface area contributed by atoms with Crippen molar-refractivity contribution >= 4 is 17.5 Å². The van der Waals surface area contributed by atoms with Crippen LogP contribution in [0, 0.1) is 0 Å². The summed E-state index contributed by atoms with van der Waals surface area (Å²) in [4.78, 5) is 24.6. The number of carbonyl (C=O) groups is 2. The molecule has 19 heavy (non-hydrogen) atoms. The van der Waals surface area contributed by atoms with Crippen molar-refractivity contribution in [3.8, 4) is 0 Å². The number of morpholine rings is 1. The van der Waals surface area contributed by atoms with Crippen LogP contribution in [0.5, 0.6) is 0 Å². The fourth-order valence-corrected chi connectivity index (χ4v) is 2.09. The van der Waals surface area contributed by atoms with E-state index in [2.05, 4.69) is 5.32 Å². The molecule has 1 saturated carbocycles. The number of hydrogen-bond donors (Lipinski definition) is 1. The summed E-state index contributed by atoms with van der Waals surface area (Å²) >= 11 is 0. The number of imide groups is 1. The molecule has 1 saturated heterocycles. The van der Waals surface area contributed by atoms with E-state index in [0.29, 0.717) is 11.7 Å². The monoisotopic (exact) mass is 260 g/mol. The lowest BCUT2D eigenvalue weighted by Gasteiger charge is -2.25. The van der Waals surface area contributed by atoms with Gasteiger partial charge >= 0.3 is 0 Å². The maximum absolute atomic E-state index is 11.7. The molecule has 0 unspecified atom stereocenters. The van der Waals surface area contributed by atoms with Crippen LogP contribution < -0.4 is 10.2 Å². The van der Waals surface area contributed by atoms with Gasteiger partial charge in [-0.3, -0.25) is 9.59 Å². The van der Waals surface area contributed by atoms with Crippen LogP contribution in [0.15, 0.2) is 24.3 Å². The molecule has 2 fully saturated rings. The predicted octanol–water partition coefficient (Wildman–Crippen LogP) is 0.828. The Morgan fingerprint density at radius 3 is 2.32 bits per heavy atom. The Labute approximate surface area is 111 Å². The Hall–Kier alpha value is -1.72. The predicted molar refractivity (Wildman–Crippen MR) is 69.6 cm³/mol. The van der Waals surface area contributed by atoms with E-state index in [9.17, 15) is 9.59 Å². The SMILES string of the molecule is O=C1COCC(=O)N1c1ccc(CNC2CC2)cc1. The second-order valence-electron chi connectivity index (χ2n) is 4.94. The lowest BCUT2D eigenvalue weighted by Crippen LogP contribution is -2.46. The maximum atomic E-state index is 11.7. The summed E-state index contributed by atoms with van der Waals surface area (Å²) < 4.78 is 4.89. The van der Waals surface area contributed by atoms with E-state index in [4.69, 9.17) is 4.74 Å². The van der Waals surface area contributed by atoms with Crippen molar-refractivity contribution in [2.75, 3.05) is 18.1 Å². The highest BCUT2D eigenvalue weighted by molar-refractivity contribution is 6.16. The number of nitrogens with one attached hydrogen (secondary N) is 1. The van der Waals surface area contributed by atoms with Crippen molar-refractivity contribution in [1.82, 2.24) is 5.32 Å². The van der Waals surface area contributed by atoms with Crippen LogP contribution >= 0.6 is 0 Å². The third kappa shape index (κ3) is 2.83. The number of anilines is 1. The number of benzene rings is 1. The molecule has 2 amide bonds. The highest BCUT2D eigenvalue weighted by Crippen LogP contribution is 2.21. The van der Waals surface area contributed by atoms with Crippen molar-refractivity contribution in [3.05, 3.63) is 29.8 Å². The van der Waals surface area contributed by atoms with Gasteiger partial charge in [-0.15, -0.1) is 0 Å². The molecule has 3 rings (SSSR count). The van der Waals surface area contributed by atoms with E-state index in [1.807, 2.05) is 24.3 Å². The molecule has 0 radical (unpaired) electrons. The summed E-state index contributed by atoms with van der Waals surface area (Å²) in [7, 11) is 0. The van der Waals surface area contributed by atoms with Crippen LogP contribution in [0.4, 0.5) is 5.69 Å². The van der Waals surface area contributed by atoms with Gasteiger partial charge in [0.25, 0.3) is 11.8 Å². The molecule has 0 atom stereocenters. The Bertz CT molecular complexity index is 478. The van der Waals surface area contributed by atoms with E-state index < -0.39 is 0 Å². The molecule has 2 aliphatic rings. The van der Waals surface area contributed by atoms with Crippen molar-refractivity contribution in [1.29, 1.82) is 0 Å². The quantitative estimate of drug-likeness (QED) is 0.815. The third-order valence-electron chi connectivity index (χ3n) is 3.32. The molecule has 0 bridgehead atoms. The summed E-state index contributed by atoms with van der Waals surface area (Å²) in [6.07, 6.45) is 2.52. The van der Waals surface area contributed by atoms with E-state index in [1.165, 1.54) is 17.7 Å². The van der Waals surface area contributed by atoms with Gasteiger partial charge in [0.05, 0.1) is 5.69 Å². The molecule has 0 aromatic heterocycles. The van der Waals surface area contributed by atoms with Gasteiger partial charge in [0.1, 0.15) is 13.2 Å². The Kier molecular flexibility index (Phi) is 3.31. The van der Waals surface area contributed by atoms with Crippen LogP contribution in [0.3, 0.4) is 0 Å². The second-order valence-corrected chi connectivity index (χ2v) is 4.94. The maximum Gasteiger partial charge on any atom is 0.259 e.